The van der Waals surface area contributed by atoms with Crippen molar-refractivity contribution in [2.45, 2.75) is 50.4 Å². The van der Waals surface area contributed by atoms with Gasteiger partial charge in [-0.1, -0.05) is 12.8 Å². The molecule has 5 rings (SSSR count). The molecule has 1 aromatic heterocycles. The third-order valence-corrected chi connectivity index (χ3v) is 7.92. The Morgan fingerprint density at radius 2 is 2.09 bits per heavy atom. The predicted molar refractivity (Wildman–Crippen MR) is 132 cm³/mol. The molecule has 7 nitrogen and oxygen atoms in total. The average molecular weight is 474 g/mol. The number of aliphatic imine (C=N–C) groups is 1. The fourth-order valence-electron chi connectivity index (χ4n) is 5.10. The molecule has 1 saturated heterocycles. The predicted octanol–water partition coefficient (Wildman–Crippen LogP) is 3.36. The average Bonchev–Trinajstić information content (AvgIpc) is 3.58. The van der Waals surface area contributed by atoms with Crippen LogP contribution in [-0.4, -0.2) is 78.1 Å². The SMILES string of the molecule is O=CCNC(C[C@@H]1CSC(c2cc3cc(F)cc(NC4CCCC4)c3[nH]2)=N1)N1CCOCC1. The summed E-state index contributed by atoms with van der Waals surface area (Å²) >= 11 is 1.74. The number of H-pyrrole nitrogens is 1. The molecule has 3 heterocycles. The summed E-state index contributed by atoms with van der Waals surface area (Å²) in [6, 6.07) is 5.77. The standard InChI is InChI=1S/C24H32FN5O2S/c25-17-11-16-12-21(29-23(16)20(13-17)27-18-3-1-2-4-18)24-28-19(15-33-24)14-22(26-5-8-31)30-6-9-32-10-7-30/h8,11-13,18-19,22,26-27,29H,1-7,9-10,14-15H2/t19-,22?/m1/s1. The molecule has 1 unspecified atom stereocenters. The number of hydrogen-bond acceptors (Lipinski definition) is 7. The third kappa shape index (κ3) is 5.42. The van der Waals surface area contributed by atoms with Gasteiger partial charge in [0, 0.05) is 30.3 Å². The van der Waals surface area contributed by atoms with Crippen molar-refractivity contribution in [3.05, 3.63) is 29.7 Å². The number of carbonyl (C=O) groups excluding carboxylic acids is 1. The van der Waals surface area contributed by atoms with Gasteiger partial charge in [0.1, 0.15) is 17.1 Å². The number of rotatable bonds is 9. The molecule has 33 heavy (non-hydrogen) atoms. The van der Waals surface area contributed by atoms with Gasteiger partial charge < -0.3 is 19.8 Å². The second-order valence-corrected chi connectivity index (χ2v) is 10.1. The highest BCUT2D eigenvalue weighted by atomic mass is 32.2. The van der Waals surface area contributed by atoms with Crippen LogP contribution < -0.4 is 10.6 Å². The lowest BCUT2D eigenvalue weighted by Gasteiger charge is -2.35. The zero-order chi connectivity index (χ0) is 22.6. The fraction of sp³-hybridized carbons (Fsp3) is 0.583. The van der Waals surface area contributed by atoms with Crippen molar-refractivity contribution in [3.8, 4) is 0 Å². The number of ether oxygens (including phenoxy) is 1. The Labute approximate surface area is 197 Å². The molecule has 0 radical (unpaired) electrons. The normalized spacial score (nSPS) is 23.2. The minimum atomic E-state index is -0.220. The summed E-state index contributed by atoms with van der Waals surface area (Å²) < 4.78 is 19.8. The highest BCUT2D eigenvalue weighted by Gasteiger charge is 2.28. The highest BCUT2D eigenvalue weighted by molar-refractivity contribution is 8.14. The number of aromatic nitrogens is 1. The van der Waals surface area contributed by atoms with Gasteiger partial charge in [-0.3, -0.25) is 15.2 Å². The van der Waals surface area contributed by atoms with E-state index >= 15 is 0 Å². The number of nitrogens with one attached hydrogen (secondary N) is 3. The number of aromatic amines is 1. The Bertz CT molecular complexity index is 1000. The zero-order valence-electron chi connectivity index (χ0n) is 18.8. The first-order valence-electron chi connectivity index (χ1n) is 12.0. The van der Waals surface area contributed by atoms with Crippen LogP contribution in [0.25, 0.3) is 10.9 Å². The quantitative estimate of drug-likeness (QED) is 0.485. The number of aldehydes is 1. The van der Waals surface area contributed by atoms with Crippen LogP contribution in [0, 0.1) is 5.82 Å². The number of hydrogen-bond donors (Lipinski definition) is 3. The van der Waals surface area contributed by atoms with Crippen molar-refractivity contribution < 1.29 is 13.9 Å². The summed E-state index contributed by atoms with van der Waals surface area (Å²) in [7, 11) is 0. The molecule has 3 aliphatic rings. The van der Waals surface area contributed by atoms with Gasteiger partial charge in [0.2, 0.25) is 0 Å². The van der Waals surface area contributed by atoms with Crippen LogP contribution in [0.1, 0.15) is 37.8 Å². The van der Waals surface area contributed by atoms with Gasteiger partial charge in [-0.2, -0.15) is 0 Å². The van der Waals surface area contributed by atoms with E-state index in [9.17, 15) is 9.18 Å². The second kappa shape index (κ2) is 10.5. The van der Waals surface area contributed by atoms with Crippen molar-refractivity contribution >= 4 is 39.7 Å². The van der Waals surface area contributed by atoms with Gasteiger partial charge in [0.15, 0.2) is 0 Å². The minimum Gasteiger partial charge on any atom is -0.381 e. The fourth-order valence-corrected chi connectivity index (χ4v) is 6.15. The number of fused-ring (bicyclic) bond motifs is 1. The van der Waals surface area contributed by atoms with Crippen molar-refractivity contribution in [1.29, 1.82) is 0 Å². The molecule has 2 fully saturated rings. The zero-order valence-corrected chi connectivity index (χ0v) is 19.6. The Hall–Kier alpha value is -1.94. The molecule has 2 aromatic rings. The molecular weight excluding hydrogens is 441 g/mol. The summed E-state index contributed by atoms with van der Waals surface area (Å²) in [4.78, 5) is 21.8. The maximum atomic E-state index is 14.3. The molecule has 1 aromatic carbocycles. The van der Waals surface area contributed by atoms with E-state index in [4.69, 9.17) is 9.73 Å². The highest BCUT2D eigenvalue weighted by Crippen LogP contribution is 2.32. The Morgan fingerprint density at radius 3 is 2.88 bits per heavy atom. The number of carbonyl (C=O) groups is 1. The monoisotopic (exact) mass is 473 g/mol. The van der Waals surface area contributed by atoms with E-state index < -0.39 is 0 Å². The first kappa shape index (κ1) is 22.8. The van der Waals surface area contributed by atoms with Crippen LogP contribution in [0.3, 0.4) is 0 Å². The van der Waals surface area contributed by atoms with E-state index in [2.05, 4.69) is 20.5 Å². The topological polar surface area (TPSA) is 81.8 Å². The van der Waals surface area contributed by atoms with E-state index in [0.29, 0.717) is 12.6 Å². The molecular formula is C24H32FN5O2S. The third-order valence-electron chi connectivity index (χ3n) is 6.77. The summed E-state index contributed by atoms with van der Waals surface area (Å²) in [5, 5.41) is 8.75. The molecule has 1 saturated carbocycles. The van der Waals surface area contributed by atoms with Crippen LogP contribution in [0.2, 0.25) is 0 Å². The van der Waals surface area contributed by atoms with Crippen molar-refractivity contribution in [1.82, 2.24) is 15.2 Å². The molecule has 0 spiro atoms. The van der Waals surface area contributed by atoms with Crippen LogP contribution >= 0.6 is 11.8 Å². The van der Waals surface area contributed by atoms with E-state index in [1.165, 1.54) is 12.8 Å². The summed E-state index contributed by atoms with van der Waals surface area (Å²) in [6.07, 6.45) is 6.59. The summed E-state index contributed by atoms with van der Waals surface area (Å²) in [6.45, 7) is 3.49. The molecule has 2 aliphatic heterocycles. The first-order chi connectivity index (χ1) is 16.2. The Balaban J connectivity index is 1.32. The Morgan fingerprint density at radius 1 is 1.27 bits per heavy atom. The van der Waals surface area contributed by atoms with E-state index in [0.717, 1.165) is 84.9 Å². The lowest BCUT2D eigenvalue weighted by molar-refractivity contribution is -0.107. The molecule has 3 N–H and O–H groups in total. The van der Waals surface area contributed by atoms with Gasteiger partial charge in [-0.05, 0) is 37.5 Å². The van der Waals surface area contributed by atoms with E-state index in [-0.39, 0.29) is 18.0 Å². The van der Waals surface area contributed by atoms with Gasteiger partial charge in [0.25, 0.3) is 0 Å². The van der Waals surface area contributed by atoms with Crippen LogP contribution in [0.5, 0.6) is 0 Å². The number of halogens is 1. The van der Waals surface area contributed by atoms with E-state index in [1.54, 1.807) is 23.9 Å². The van der Waals surface area contributed by atoms with Crippen LogP contribution in [0.15, 0.2) is 23.2 Å². The number of morpholine rings is 1. The molecule has 9 heteroatoms. The van der Waals surface area contributed by atoms with Crippen LogP contribution in [0.4, 0.5) is 10.1 Å². The first-order valence-corrected chi connectivity index (χ1v) is 13.0. The van der Waals surface area contributed by atoms with Gasteiger partial charge in [0.05, 0.1) is 48.9 Å². The molecule has 1 aliphatic carbocycles. The maximum absolute atomic E-state index is 14.3. The second-order valence-electron chi connectivity index (χ2n) is 9.10. The van der Waals surface area contributed by atoms with Crippen molar-refractivity contribution in [2.24, 2.45) is 4.99 Å². The van der Waals surface area contributed by atoms with E-state index in [1.807, 2.05) is 6.07 Å². The van der Waals surface area contributed by atoms with Gasteiger partial charge in [-0.15, -0.1) is 11.8 Å². The maximum Gasteiger partial charge on any atom is 0.133 e. The van der Waals surface area contributed by atoms with Crippen molar-refractivity contribution in [3.63, 3.8) is 0 Å². The number of benzene rings is 1. The van der Waals surface area contributed by atoms with Crippen LogP contribution in [-0.2, 0) is 9.53 Å². The minimum absolute atomic E-state index is 0.104. The number of thioether (sulfide) groups is 1. The number of anilines is 1. The molecule has 0 bridgehead atoms. The van der Waals surface area contributed by atoms with Crippen molar-refractivity contribution in [2.75, 3.05) is 43.9 Å². The van der Waals surface area contributed by atoms with Gasteiger partial charge >= 0.3 is 0 Å². The number of nitrogens with zero attached hydrogens (tertiary/aromatic N) is 2. The lowest BCUT2D eigenvalue weighted by atomic mass is 10.1. The summed E-state index contributed by atoms with van der Waals surface area (Å²) in [5.41, 5.74) is 2.74. The molecule has 2 atom stereocenters. The van der Waals surface area contributed by atoms with Gasteiger partial charge in [-0.25, -0.2) is 4.39 Å². The molecule has 178 valence electrons. The summed E-state index contributed by atoms with van der Waals surface area (Å²) in [5.74, 6) is 0.678. The molecule has 0 amide bonds. The smallest absolute Gasteiger partial charge is 0.133 e. The largest absolute Gasteiger partial charge is 0.381 e. The Kier molecular flexibility index (Phi) is 7.30. The lowest BCUT2D eigenvalue weighted by Crippen LogP contribution is -2.52.